The number of aryl methyl sites for hydroxylation is 1. The van der Waals surface area contributed by atoms with E-state index in [4.69, 9.17) is 0 Å². The highest BCUT2D eigenvalue weighted by atomic mass is 14.2. The highest BCUT2D eigenvalue weighted by molar-refractivity contribution is 6.48. The van der Waals surface area contributed by atoms with Crippen LogP contribution in [0.15, 0.2) is 152 Å². The Morgan fingerprint density at radius 3 is 1.57 bits per heavy atom. The summed E-state index contributed by atoms with van der Waals surface area (Å²) in [5.41, 5.74) is 14.0. The molecule has 0 saturated carbocycles. The van der Waals surface area contributed by atoms with Gasteiger partial charge in [0.25, 0.3) is 0 Å². The normalized spacial score (nSPS) is 11.7. The third-order valence-electron chi connectivity index (χ3n) is 10.2. The van der Waals surface area contributed by atoms with Gasteiger partial charge in [0.15, 0.2) is 0 Å². The molecule has 9 rings (SSSR count). The number of benzene rings is 9. The van der Waals surface area contributed by atoms with Gasteiger partial charge in [-0.3, -0.25) is 0 Å². The molecule has 0 aliphatic carbocycles. The van der Waals surface area contributed by atoms with Gasteiger partial charge in [-0.2, -0.15) is 0 Å². The van der Waals surface area contributed by atoms with Crippen LogP contribution in [-0.2, 0) is 0 Å². The van der Waals surface area contributed by atoms with Crippen LogP contribution in [0.25, 0.3) is 87.6 Å². The molecular weight excluding hydrogens is 562 g/mol. The summed E-state index contributed by atoms with van der Waals surface area (Å²) in [5.74, 6) is 0. The maximum atomic E-state index is 2.42. The molecule has 0 saturated heterocycles. The highest BCUT2D eigenvalue weighted by Crippen LogP contribution is 2.48. The van der Waals surface area contributed by atoms with Crippen molar-refractivity contribution in [2.75, 3.05) is 0 Å². The molecule has 0 heterocycles. The van der Waals surface area contributed by atoms with E-state index in [9.17, 15) is 0 Å². The molecule has 0 radical (unpaired) electrons. The Morgan fingerprint density at radius 1 is 0.319 bits per heavy atom. The SMILES string of the molecule is Bc1ccc2c3c(-c4ccccc4)cc(B)c4c(C)ccc(c5c(-c6cc(-c7ccccc7)ccc6-c6ccccc6)ccc1c25)c43. The maximum absolute atomic E-state index is 2.42. The second kappa shape index (κ2) is 10.7. The van der Waals surface area contributed by atoms with Crippen molar-refractivity contribution in [3.8, 4) is 44.5 Å². The molecule has 9 aromatic carbocycles. The molecule has 0 bridgehead atoms. The minimum absolute atomic E-state index is 1.23. The molecule has 47 heavy (non-hydrogen) atoms. The van der Waals surface area contributed by atoms with E-state index in [2.05, 4.69) is 174 Å². The van der Waals surface area contributed by atoms with Gasteiger partial charge in [0.2, 0.25) is 0 Å². The molecule has 0 aliphatic rings. The van der Waals surface area contributed by atoms with Gasteiger partial charge in [-0.1, -0.05) is 157 Å². The van der Waals surface area contributed by atoms with Crippen molar-refractivity contribution in [1.29, 1.82) is 0 Å². The van der Waals surface area contributed by atoms with Crippen LogP contribution in [0.1, 0.15) is 5.56 Å². The van der Waals surface area contributed by atoms with E-state index in [1.54, 1.807) is 0 Å². The van der Waals surface area contributed by atoms with Crippen molar-refractivity contribution < 1.29 is 0 Å². The zero-order chi connectivity index (χ0) is 31.6. The lowest BCUT2D eigenvalue weighted by atomic mass is 9.76. The number of fused-ring (bicyclic) bond motifs is 2. The summed E-state index contributed by atoms with van der Waals surface area (Å²) < 4.78 is 0. The summed E-state index contributed by atoms with van der Waals surface area (Å²) in [7, 11) is 4.53. The molecule has 0 nitrogen and oxygen atoms in total. The Hall–Kier alpha value is -5.59. The molecule has 0 N–H and O–H groups in total. The van der Waals surface area contributed by atoms with Crippen molar-refractivity contribution in [2.45, 2.75) is 6.92 Å². The van der Waals surface area contributed by atoms with E-state index in [0.717, 1.165) is 0 Å². The van der Waals surface area contributed by atoms with Crippen LogP contribution in [0.5, 0.6) is 0 Å². The smallest absolute Gasteiger partial charge is 0.0812 e. The minimum atomic E-state index is 1.23. The van der Waals surface area contributed by atoms with Gasteiger partial charge in [-0.05, 0) is 106 Å². The molecule has 0 fully saturated rings. The van der Waals surface area contributed by atoms with E-state index in [0.29, 0.717) is 0 Å². The second-order valence-electron chi connectivity index (χ2n) is 13.0. The molecule has 2 heteroatoms. The van der Waals surface area contributed by atoms with E-state index in [-0.39, 0.29) is 0 Å². The van der Waals surface area contributed by atoms with Gasteiger partial charge in [0, 0.05) is 0 Å². The van der Waals surface area contributed by atoms with E-state index in [1.165, 1.54) is 104 Å². The van der Waals surface area contributed by atoms with Gasteiger partial charge in [0.05, 0.1) is 0 Å². The Balaban J connectivity index is 1.50. The van der Waals surface area contributed by atoms with Crippen molar-refractivity contribution in [1.82, 2.24) is 0 Å². The summed E-state index contributed by atoms with van der Waals surface area (Å²) >= 11 is 0. The molecule has 0 aliphatic heterocycles. The van der Waals surface area contributed by atoms with Crippen LogP contribution < -0.4 is 10.9 Å². The molecule has 0 aromatic heterocycles. The predicted molar refractivity (Wildman–Crippen MR) is 210 cm³/mol. The maximum Gasteiger partial charge on any atom is 0.140 e. The summed E-state index contributed by atoms with van der Waals surface area (Å²) in [4.78, 5) is 0. The van der Waals surface area contributed by atoms with Crippen LogP contribution in [-0.4, -0.2) is 15.7 Å². The molecule has 0 unspecified atom stereocenters. The van der Waals surface area contributed by atoms with Crippen LogP contribution in [0.2, 0.25) is 0 Å². The monoisotopic (exact) mass is 594 g/mol. The van der Waals surface area contributed by atoms with E-state index < -0.39 is 0 Å². The van der Waals surface area contributed by atoms with Gasteiger partial charge in [0.1, 0.15) is 15.7 Å². The first-order chi connectivity index (χ1) is 23.1. The lowest BCUT2D eigenvalue weighted by molar-refractivity contribution is 1.55. The quantitative estimate of drug-likeness (QED) is 0.108. The Morgan fingerprint density at radius 2 is 0.872 bits per heavy atom. The zero-order valence-electron chi connectivity index (χ0n) is 26.9. The molecule has 218 valence electrons. The predicted octanol–water partition coefficient (Wildman–Crippen LogP) is 9.23. The minimum Gasteiger partial charge on any atom is -0.0812 e. The van der Waals surface area contributed by atoms with Crippen LogP contribution in [0.4, 0.5) is 0 Å². The highest BCUT2D eigenvalue weighted by Gasteiger charge is 2.23. The topological polar surface area (TPSA) is 0 Å². The molecule has 0 spiro atoms. The van der Waals surface area contributed by atoms with Crippen LogP contribution >= 0.6 is 0 Å². The third kappa shape index (κ3) is 4.25. The van der Waals surface area contributed by atoms with Crippen LogP contribution in [0.3, 0.4) is 0 Å². The van der Waals surface area contributed by atoms with Crippen LogP contribution in [0, 0.1) is 6.92 Å². The van der Waals surface area contributed by atoms with Gasteiger partial charge in [-0.25, -0.2) is 0 Å². The van der Waals surface area contributed by atoms with E-state index in [1.807, 2.05) is 0 Å². The molecular formula is C45H32B2. The fraction of sp³-hybridized carbons (Fsp3) is 0.0222. The summed E-state index contributed by atoms with van der Waals surface area (Å²) in [6.45, 7) is 2.26. The Bertz CT molecular complexity index is 2620. The lowest BCUT2D eigenvalue weighted by Crippen LogP contribution is -2.09. The molecule has 9 aromatic rings. The van der Waals surface area contributed by atoms with Crippen molar-refractivity contribution in [3.05, 3.63) is 157 Å². The standard InChI is InChI=1S/C45H32B2/c1-27-17-19-36-42-33(38-25-31(28-11-5-2-6-12-28)18-20-32(38)29-13-7-3-8-14-29)21-22-34-39(46)24-23-35(43(34)42)44-37(30-15-9-4-10-16-30)26-40(47)41(27)45(36)44/h2-26H,46-47H2,1H3. The van der Waals surface area contributed by atoms with Gasteiger partial charge >= 0.3 is 0 Å². The van der Waals surface area contributed by atoms with Gasteiger partial charge < -0.3 is 0 Å². The average Bonchev–Trinajstić information content (AvgIpc) is 3.12. The number of hydrogen-bond acceptors (Lipinski definition) is 0. The Kier molecular flexibility index (Phi) is 6.34. The second-order valence-corrected chi connectivity index (χ2v) is 13.0. The average molecular weight is 594 g/mol. The summed E-state index contributed by atoms with van der Waals surface area (Å²) in [6.07, 6.45) is 0. The van der Waals surface area contributed by atoms with Crippen molar-refractivity contribution in [2.24, 2.45) is 0 Å². The zero-order valence-corrected chi connectivity index (χ0v) is 26.9. The fourth-order valence-electron chi connectivity index (χ4n) is 8.06. The third-order valence-corrected chi connectivity index (χ3v) is 10.2. The number of hydrogen-bond donors (Lipinski definition) is 0. The van der Waals surface area contributed by atoms with E-state index >= 15 is 0 Å². The summed E-state index contributed by atoms with van der Waals surface area (Å²) in [5, 5.41) is 10.7. The Labute approximate surface area is 277 Å². The van der Waals surface area contributed by atoms with Crippen molar-refractivity contribution in [3.63, 3.8) is 0 Å². The lowest BCUT2D eigenvalue weighted by Gasteiger charge is -2.23. The first-order valence-corrected chi connectivity index (χ1v) is 16.5. The largest absolute Gasteiger partial charge is 0.140 e. The van der Waals surface area contributed by atoms with Crippen molar-refractivity contribution >= 4 is 69.7 Å². The van der Waals surface area contributed by atoms with Gasteiger partial charge in [-0.15, -0.1) is 0 Å². The fourth-order valence-corrected chi connectivity index (χ4v) is 8.06. The first kappa shape index (κ1) is 27.7. The number of rotatable bonds is 4. The summed E-state index contributed by atoms with van der Waals surface area (Å²) in [6, 6.07) is 56.1. The molecule has 0 atom stereocenters. The molecule has 0 amide bonds. The first-order valence-electron chi connectivity index (χ1n) is 16.5.